The average molecular weight is 281 g/mol. The highest BCUT2D eigenvalue weighted by molar-refractivity contribution is 7.03. The van der Waals surface area contributed by atoms with Crippen LogP contribution < -0.4 is 5.32 Å². The molecule has 19 heavy (non-hydrogen) atoms. The Morgan fingerprint density at radius 3 is 2.84 bits per heavy atom. The summed E-state index contributed by atoms with van der Waals surface area (Å²) in [6, 6.07) is 2.14. The van der Waals surface area contributed by atoms with Crippen LogP contribution in [0.1, 0.15) is 43.2 Å². The first-order chi connectivity index (χ1) is 8.88. The van der Waals surface area contributed by atoms with Crippen molar-refractivity contribution in [2.75, 3.05) is 6.61 Å². The molecule has 5 nitrogen and oxygen atoms in total. The van der Waals surface area contributed by atoms with Crippen molar-refractivity contribution in [2.45, 2.75) is 45.8 Å². The fraction of sp³-hybridized carbons (Fsp3) is 0.615. The van der Waals surface area contributed by atoms with Gasteiger partial charge < -0.3 is 10.1 Å². The summed E-state index contributed by atoms with van der Waals surface area (Å²) in [5.74, 6) is -0.264. The maximum atomic E-state index is 12.1. The van der Waals surface area contributed by atoms with Gasteiger partial charge in [0.05, 0.1) is 30.0 Å². The molecule has 0 aliphatic rings. The van der Waals surface area contributed by atoms with E-state index in [1.54, 1.807) is 19.2 Å². The summed E-state index contributed by atoms with van der Waals surface area (Å²) in [4.78, 5) is 12.1. The summed E-state index contributed by atoms with van der Waals surface area (Å²) in [6.45, 7) is 7.77. The molecule has 1 N–H and O–H groups in total. The zero-order valence-corrected chi connectivity index (χ0v) is 12.5. The monoisotopic (exact) mass is 281 g/mol. The molecule has 1 rings (SSSR count). The molecule has 1 amide bonds. The van der Waals surface area contributed by atoms with Crippen molar-refractivity contribution in [1.82, 2.24) is 9.69 Å². The standard InChI is InChI=1S/C13H19N3O2S/c1-9(2)18-6-5-13(4,8-14)15-12(17)11-7-19-16-10(11)3/h7,9H,5-6H2,1-4H3,(H,15,17)/t13-/m0/s1. The predicted molar refractivity (Wildman–Crippen MR) is 74.0 cm³/mol. The maximum absolute atomic E-state index is 12.1. The van der Waals surface area contributed by atoms with Gasteiger partial charge in [-0.25, -0.2) is 0 Å². The van der Waals surface area contributed by atoms with E-state index in [4.69, 9.17) is 4.74 Å². The molecule has 0 saturated carbocycles. The van der Waals surface area contributed by atoms with Gasteiger partial charge in [-0.05, 0) is 39.2 Å². The van der Waals surface area contributed by atoms with Crippen LogP contribution in [0.3, 0.4) is 0 Å². The van der Waals surface area contributed by atoms with Crippen LogP contribution in [-0.4, -0.2) is 28.5 Å². The van der Waals surface area contributed by atoms with Crippen molar-refractivity contribution >= 4 is 17.4 Å². The van der Waals surface area contributed by atoms with Crippen molar-refractivity contribution in [1.29, 1.82) is 5.26 Å². The summed E-state index contributed by atoms with van der Waals surface area (Å²) in [6.07, 6.45) is 0.561. The van der Waals surface area contributed by atoms with Crippen LogP contribution in [0.5, 0.6) is 0 Å². The number of rotatable bonds is 6. The van der Waals surface area contributed by atoms with E-state index in [-0.39, 0.29) is 12.0 Å². The van der Waals surface area contributed by atoms with Gasteiger partial charge in [-0.1, -0.05) is 0 Å². The van der Waals surface area contributed by atoms with Gasteiger partial charge in [-0.3, -0.25) is 4.79 Å². The van der Waals surface area contributed by atoms with Gasteiger partial charge in [0, 0.05) is 11.8 Å². The fourth-order valence-corrected chi connectivity index (χ4v) is 2.17. The lowest BCUT2D eigenvalue weighted by Crippen LogP contribution is -2.45. The first kappa shape index (κ1) is 15.6. The van der Waals surface area contributed by atoms with Crippen LogP contribution >= 0.6 is 11.5 Å². The molecule has 6 heteroatoms. The van der Waals surface area contributed by atoms with E-state index in [0.29, 0.717) is 24.3 Å². The van der Waals surface area contributed by atoms with Crippen LogP contribution in [0.15, 0.2) is 5.38 Å². The van der Waals surface area contributed by atoms with Gasteiger partial charge >= 0.3 is 0 Å². The Balaban J connectivity index is 2.63. The lowest BCUT2D eigenvalue weighted by molar-refractivity contribution is 0.0651. The van der Waals surface area contributed by atoms with Gasteiger partial charge in [0.1, 0.15) is 5.54 Å². The van der Waals surface area contributed by atoms with Crippen molar-refractivity contribution < 1.29 is 9.53 Å². The number of hydrogen-bond acceptors (Lipinski definition) is 5. The molecule has 0 aliphatic heterocycles. The van der Waals surface area contributed by atoms with E-state index in [0.717, 1.165) is 0 Å². The molecule has 0 fully saturated rings. The Morgan fingerprint density at radius 1 is 1.68 bits per heavy atom. The van der Waals surface area contributed by atoms with Crippen molar-refractivity contribution in [3.8, 4) is 6.07 Å². The molecule has 1 aromatic rings. The predicted octanol–water partition coefficient (Wildman–Crippen LogP) is 2.28. The third-order valence-corrected chi connectivity index (χ3v) is 3.40. The Bertz CT molecular complexity index is 478. The largest absolute Gasteiger partial charge is 0.379 e. The van der Waals surface area contributed by atoms with Crippen LogP contribution in [0.4, 0.5) is 0 Å². The number of carbonyl (C=O) groups excluding carboxylic acids is 1. The number of hydrogen-bond donors (Lipinski definition) is 1. The molecule has 104 valence electrons. The van der Waals surface area contributed by atoms with E-state index >= 15 is 0 Å². The van der Waals surface area contributed by atoms with E-state index in [1.165, 1.54) is 11.5 Å². The molecule has 0 bridgehead atoms. The van der Waals surface area contributed by atoms with Crippen molar-refractivity contribution in [3.63, 3.8) is 0 Å². The molecular weight excluding hydrogens is 262 g/mol. The number of nitrogens with one attached hydrogen (secondary N) is 1. The Hall–Kier alpha value is -1.45. The lowest BCUT2D eigenvalue weighted by atomic mass is 10.00. The minimum atomic E-state index is -0.930. The molecule has 0 unspecified atom stereocenters. The van der Waals surface area contributed by atoms with Crippen molar-refractivity contribution in [3.05, 3.63) is 16.6 Å². The van der Waals surface area contributed by atoms with Crippen LogP contribution in [0.25, 0.3) is 0 Å². The number of aryl methyl sites for hydroxylation is 1. The number of nitriles is 1. The Labute approximate surface area is 117 Å². The van der Waals surface area contributed by atoms with Crippen LogP contribution in [-0.2, 0) is 4.74 Å². The van der Waals surface area contributed by atoms with Gasteiger partial charge in [0.2, 0.25) is 0 Å². The fourth-order valence-electron chi connectivity index (χ4n) is 1.47. The number of ether oxygens (including phenoxy) is 1. The van der Waals surface area contributed by atoms with Gasteiger partial charge in [0.25, 0.3) is 5.91 Å². The van der Waals surface area contributed by atoms with Crippen molar-refractivity contribution in [2.24, 2.45) is 0 Å². The maximum Gasteiger partial charge on any atom is 0.255 e. The third kappa shape index (κ3) is 4.62. The summed E-state index contributed by atoms with van der Waals surface area (Å²) >= 11 is 1.23. The minimum Gasteiger partial charge on any atom is -0.379 e. The molecule has 0 radical (unpaired) electrons. The molecule has 0 saturated heterocycles. The number of amides is 1. The molecule has 0 aliphatic carbocycles. The second-order valence-corrected chi connectivity index (χ2v) is 5.51. The first-order valence-corrected chi connectivity index (χ1v) is 6.98. The summed E-state index contributed by atoms with van der Waals surface area (Å²) in [5.41, 5.74) is 0.276. The van der Waals surface area contributed by atoms with E-state index in [1.807, 2.05) is 13.8 Å². The molecule has 0 aromatic carbocycles. The van der Waals surface area contributed by atoms with Crippen LogP contribution in [0.2, 0.25) is 0 Å². The molecule has 0 spiro atoms. The average Bonchev–Trinajstić information content (AvgIpc) is 2.75. The lowest BCUT2D eigenvalue weighted by Gasteiger charge is -2.23. The quantitative estimate of drug-likeness (QED) is 0.868. The topological polar surface area (TPSA) is 75.0 Å². The summed E-state index contributed by atoms with van der Waals surface area (Å²) < 4.78 is 9.47. The highest BCUT2D eigenvalue weighted by Gasteiger charge is 2.27. The summed E-state index contributed by atoms with van der Waals surface area (Å²) in [5, 5.41) is 13.7. The second-order valence-electron chi connectivity index (χ2n) is 4.88. The number of aromatic nitrogens is 1. The Kier molecular flexibility index (Phi) is 5.45. The van der Waals surface area contributed by atoms with Gasteiger partial charge in [0.15, 0.2) is 0 Å². The van der Waals surface area contributed by atoms with Crippen LogP contribution in [0, 0.1) is 18.3 Å². The zero-order valence-electron chi connectivity index (χ0n) is 11.7. The van der Waals surface area contributed by atoms with E-state index < -0.39 is 5.54 Å². The van der Waals surface area contributed by atoms with E-state index in [9.17, 15) is 10.1 Å². The Morgan fingerprint density at radius 2 is 2.37 bits per heavy atom. The molecule has 1 aromatic heterocycles. The second kappa shape index (κ2) is 6.64. The third-order valence-electron chi connectivity index (χ3n) is 2.68. The highest BCUT2D eigenvalue weighted by atomic mass is 32.1. The number of nitrogens with zero attached hydrogens (tertiary/aromatic N) is 2. The minimum absolute atomic E-state index is 0.113. The smallest absolute Gasteiger partial charge is 0.255 e. The normalized spacial score (nSPS) is 13.9. The van der Waals surface area contributed by atoms with E-state index in [2.05, 4.69) is 15.8 Å². The first-order valence-electron chi connectivity index (χ1n) is 6.14. The highest BCUT2D eigenvalue weighted by Crippen LogP contribution is 2.14. The SMILES string of the molecule is Cc1nscc1C(=O)N[C@](C)(C#N)CCOC(C)C. The number of carbonyl (C=O) groups is 1. The molecule has 1 atom stereocenters. The molecular formula is C13H19N3O2S. The van der Waals surface area contributed by atoms with Gasteiger partial charge in [-0.2, -0.15) is 9.64 Å². The van der Waals surface area contributed by atoms with Gasteiger partial charge in [-0.15, -0.1) is 0 Å². The zero-order chi connectivity index (χ0) is 14.5. The molecule has 1 heterocycles. The summed E-state index contributed by atoms with van der Waals surface area (Å²) in [7, 11) is 0.